The van der Waals surface area contributed by atoms with Gasteiger partial charge in [-0.15, -0.1) is 0 Å². The van der Waals surface area contributed by atoms with Gasteiger partial charge in [0.05, 0.1) is 0 Å². The summed E-state index contributed by atoms with van der Waals surface area (Å²) < 4.78 is 0. The third-order valence-corrected chi connectivity index (χ3v) is 3.08. The molecule has 1 rings (SSSR count). The van der Waals surface area contributed by atoms with Crippen LogP contribution in [-0.4, -0.2) is 16.5 Å². The summed E-state index contributed by atoms with van der Waals surface area (Å²) in [4.78, 5) is 9.23. The number of hydrogen-bond donors (Lipinski definition) is 1. The van der Waals surface area contributed by atoms with Gasteiger partial charge in [0.2, 0.25) is 0 Å². The van der Waals surface area contributed by atoms with Crippen LogP contribution >= 0.6 is 0 Å². The van der Waals surface area contributed by atoms with Gasteiger partial charge in [0.1, 0.15) is 5.82 Å². The third-order valence-electron chi connectivity index (χ3n) is 3.08. The van der Waals surface area contributed by atoms with Crippen molar-refractivity contribution in [1.29, 1.82) is 0 Å². The SMILES string of the molecule is CCCc1nc(C(C)CC)ncc1CNCC. The second kappa shape index (κ2) is 7.38. The summed E-state index contributed by atoms with van der Waals surface area (Å²) >= 11 is 0. The van der Waals surface area contributed by atoms with Gasteiger partial charge in [0.15, 0.2) is 0 Å². The summed E-state index contributed by atoms with van der Waals surface area (Å²) in [6, 6.07) is 0. The average molecular weight is 235 g/mol. The summed E-state index contributed by atoms with van der Waals surface area (Å²) in [5, 5.41) is 3.35. The number of hydrogen-bond acceptors (Lipinski definition) is 3. The zero-order chi connectivity index (χ0) is 12.7. The molecule has 1 aromatic heterocycles. The van der Waals surface area contributed by atoms with Crippen LogP contribution in [0, 0.1) is 0 Å². The number of nitrogens with one attached hydrogen (secondary N) is 1. The van der Waals surface area contributed by atoms with Crippen LogP contribution in [0.3, 0.4) is 0 Å². The summed E-state index contributed by atoms with van der Waals surface area (Å²) in [7, 11) is 0. The van der Waals surface area contributed by atoms with Crippen LogP contribution in [0.15, 0.2) is 6.20 Å². The molecule has 0 aliphatic carbocycles. The number of aromatic nitrogens is 2. The number of nitrogens with zero attached hydrogens (tertiary/aromatic N) is 2. The maximum atomic E-state index is 4.73. The van der Waals surface area contributed by atoms with E-state index in [4.69, 9.17) is 4.98 Å². The van der Waals surface area contributed by atoms with Gasteiger partial charge in [-0.25, -0.2) is 9.97 Å². The molecule has 0 saturated carbocycles. The molecule has 1 N–H and O–H groups in total. The summed E-state index contributed by atoms with van der Waals surface area (Å²) in [6.45, 7) is 10.6. The van der Waals surface area contributed by atoms with Crippen LogP contribution < -0.4 is 5.32 Å². The first-order valence-electron chi connectivity index (χ1n) is 6.78. The van der Waals surface area contributed by atoms with E-state index < -0.39 is 0 Å². The Morgan fingerprint density at radius 2 is 2.06 bits per heavy atom. The highest BCUT2D eigenvalue weighted by Crippen LogP contribution is 2.16. The fourth-order valence-electron chi connectivity index (χ4n) is 1.74. The van der Waals surface area contributed by atoms with Gasteiger partial charge >= 0.3 is 0 Å². The molecule has 1 atom stereocenters. The van der Waals surface area contributed by atoms with E-state index in [1.807, 2.05) is 6.20 Å². The molecule has 0 fully saturated rings. The van der Waals surface area contributed by atoms with Crippen LogP contribution in [0.4, 0.5) is 0 Å². The monoisotopic (exact) mass is 235 g/mol. The lowest BCUT2D eigenvalue weighted by molar-refractivity contribution is 0.651. The van der Waals surface area contributed by atoms with E-state index in [1.54, 1.807) is 0 Å². The van der Waals surface area contributed by atoms with Gasteiger partial charge in [-0.3, -0.25) is 0 Å². The molecule has 0 aliphatic rings. The third kappa shape index (κ3) is 4.08. The Kier molecular flexibility index (Phi) is 6.12. The minimum Gasteiger partial charge on any atom is -0.313 e. The van der Waals surface area contributed by atoms with Crippen molar-refractivity contribution in [2.24, 2.45) is 0 Å². The Hall–Kier alpha value is -0.960. The topological polar surface area (TPSA) is 37.8 Å². The van der Waals surface area contributed by atoms with Gasteiger partial charge in [0, 0.05) is 29.9 Å². The molecule has 0 aromatic carbocycles. The van der Waals surface area contributed by atoms with E-state index in [2.05, 4.69) is 38.0 Å². The fourth-order valence-corrected chi connectivity index (χ4v) is 1.74. The maximum Gasteiger partial charge on any atom is 0.131 e. The molecule has 0 aliphatic heterocycles. The molecule has 3 heteroatoms. The van der Waals surface area contributed by atoms with Crippen LogP contribution in [0.2, 0.25) is 0 Å². The summed E-state index contributed by atoms with van der Waals surface area (Å²) in [6.07, 6.45) is 5.28. The summed E-state index contributed by atoms with van der Waals surface area (Å²) in [5.41, 5.74) is 2.47. The fraction of sp³-hybridized carbons (Fsp3) is 0.714. The molecular formula is C14H25N3. The minimum absolute atomic E-state index is 0.457. The lowest BCUT2D eigenvalue weighted by Gasteiger charge is -2.12. The molecule has 0 spiro atoms. The first-order chi connectivity index (χ1) is 8.22. The molecule has 17 heavy (non-hydrogen) atoms. The Morgan fingerprint density at radius 3 is 2.65 bits per heavy atom. The molecule has 0 saturated heterocycles. The standard InChI is InChI=1S/C14H25N3/c1-5-8-13-12(9-15-7-3)10-16-14(17-13)11(4)6-2/h10-11,15H,5-9H2,1-4H3. The van der Waals surface area contributed by atoms with Crippen LogP contribution in [0.1, 0.15) is 63.5 Å². The molecule has 3 nitrogen and oxygen atoms in total. The first-order valence-corrected chi connectivity index (χ1v) is 6.78. The predicted molar refractivity (Wildman–Crippen MR) is 72.1 cm³/mol. The minimum atomic E-state index is 0.457. The molecule has 0 bridgehead atoms. The van der Waals surface area contributed by atoms with E-state index in [9.17, 15) is 0 Å². The van der Waals surface area contributed by atoms with Crippen molar-refractivity contribution >= 4 is 0 Å². The zero-order valence-electron chi connectivity index (χ0n) is 11.6. The van der Waals surface area contributed by atoms with E-state index >= 15 is 0 Å². The van der Waals surface area contributed by atoms with Crippen molar-refractivity contribution in [3.8, 4) is 0 Å². The number of rotatable bonds is 7. The molecule has 1 unspecified atom stereocenters. The average Bonchev–Trinajstić information content (AvgIpc) is 2.36. The van der Waals surface area contributed by atoms with Gasteiger partial charge < -0.3 is 5.32 Å². The van der Waals surface area contributed by atoms with Crippen molar-refractivity contribution in [1.82, 2.24) is 15.3 Å². The van der Waals surface area contributed by atoms with Crippen molar-refractivity contribution in [3.63, 3.8) is 0 Å². The van der Waals surface area contributed by atoms with E-state index in [0.29, 0.717) is 5.92 Å². The first kappa shape index (κ1) is 14.1. The normalized spacial score (nSPS) is 12.7. The van der Waals surface area contributed by atoms with Crippen LogP contribution in [0.25, 0.3) is 0 Å². The van der Waals surface area contributed by atoms with Crippen molar-refractivity contribution < 1.29 is 0 Å². The van der Waals surface area contributed by atoms with Crippen molar-refractivity contribution in [2.45, 2.75) is 59.4 Å². The van der Waals surface area contributed by atoms with Gasteiger partial charge in [-0.1, -0.05) is 34.1 Å². The van der Waals surface area contributed by atoms with Crippen LogP contribution in [-0.2, 0) is 13.0 Å². The smallest absolute Gasteiger partial charge is 0.131 e. The highest BCUT2D eigenvalue weighted by molar-refractivity contribution is 5.18. The quantitative estimate of drug-likeness (QED) is 0.789. The second-order valence-corrected chi connectivity index (χ2v) is 4.54. The maximum absolute atomic E-state index is 4.73. The molecular weight excluding hydrogens is 210 g/mol. The van der Waals surface area contributed by atoms with Crippen molar-refractivity contribution in [2.75, 3.05) is 6.54 Å². The van der Waals surface area contributed by atoms with Gasteiger partial charge in [-0.2, -0.15) is 0 Å². The Bertz CT molecular complexity index is 336. The largest absolute Gasteiger partial charge is 0.313 e. The van der Waals surface area contributed by atoms with E-state index in [-0.39, 0.29) is 0 Å². The predicted octanol–water partition coefficient (Wildman–Crippen LogP) is 3.05. The molecule has 96 valence electrons. The number of aryl methyl sites for hydroxylation is 1. The molecule has 1 aromatic rings. The van der Waals surface area contributed by atoms with Gasteiger partial charge in [-0.05, 0) is 19.4 Å². The Balaban J connectivity index is 2.90. The molecule has 0 radical (unpaired) electrons. The highest BCUT2D eigenvalue weighted by atomic mass is 14.9. The zero-order valence-corrected chi connectivity index (χ0v) is 11.6. The summed E-state index contributed by atoms with van der Waals surface area (Å²) in [5.74, 6) is 1.45. The Morgan fingerprint density at radius 1 is 1.29 bits per heavy atom. The highest BCUT2D eigenvalue weighted by Gasteiger charge is 2.10. The van der Waals surface area contributed by atoms with Gasteiger partial charge in [0.25, 0.3) is 0 Å². The second-order valence-electron chi connectivity index (χ2n) is 4.54. The lowest BCUT2D eigenvalue weighted by Crippen LogP contribution is -2.15. The Labute approximate surface area is 105 Å². The van der Waals surface area contributed by atoms with E-state index in [1.165, 1.54) is 11.3 Å². The van der Waals surface area contributed by atoms with Crippen LogP contribution in [0.5, 0.6) is 0 Å². The van der Waals surface area contributed by atoms with E-state index in [0.717, 1.165) is 38.2 Å². The van der Waals surface area contributed by atoms with Crippen molar-refractivity contribution in [3.05, 3.63) is 23.3 Å². The molecule has 1 heterocycles. The lowest BCUT2D eigenvalue weighted by atomic mass is 10.1. The molecule has 0 amide bonds.